The van der Waals surface area contributed by atoms with E-state index in [1.165, 1.54) is 11.3 Å². The van der Waals surface area contributed by atoms with Crippen LogP contribution in [0.3, 0.4) is 0 Å². The normalized spacial score (nSPS) is 10.6. The summed E-state index contributed by atoms with van der Waals surface area (Å²) in [5.74, 6) is -1.23. The van der Waals surface area contributed by atoms with Gasteiger partial charge >= 0.3 is 6.43 Å². The smallest absolute Gasteiger partial charge is 0.315 e. The van der Waals surface area contributed by atoms with E-state index in [9.17, 15) is 13.6 Å². The largest absolute Gasteiger partial charge is 0.351 e. The summed E-state index contributed by atoms with van der Waals surface area (Å²) in [6, 6.07) is 3.54. The maximum atomic E-state index is 11.7. The van der Waals surface area contributed by atoms with Crippen molar-refractivity contribution in [3.63, 3.8) is 0 Å². The minimum atomic E-state index is -2.94. The first-order chi connectivity index (χ1) is 6.59. The molecule has 1 heterocycles. The summed E-state index contributed by atoms with van der Waals surface area (Å²) in [6.07, 6.45) is -2.42. The molecule has 0 unspecified atom stereocenters. The number of halogens is 3. The molecular weight excluding hydrogens is 232 g/mol. The van der Waals surface area contributed by atoms with E-state index in [1.807, 2.05) is 6.07 Å². The molecule has 0 fully saturated rings. The quantitative estimate of drug-likeness (QED) is 0.859. The van der Waals surface area contributed by atoms with Crippen LogP contribution in [0.5, 0.6) is 0 Å². The highest BCUT2D eigenvalue weighted by molar-refractivity contribution is 7.16. The van der Waals surface area contributed by atoms with Gasteiger partial charge in [0.2, 0.25) is 0 Å². The molecule has 1 aromatic rings. The van der Waals surface area contributed by atoms with Crippen molar-refractivity contribution in [2.75, 3.05) is 6.54 Å². The van der Waals surface area contributed by atoms with E-state index in [0.717, 1.165) is 4.88 Å². The third kappa shape index (κ3) is 3.59. The lowest BCUT2D eigenvalue weighted by Gasteiger charge is -2.01. The minimum absolute atomic E-state index is 0.208. The minimum Gasteiger partial charge on any atom is -0.351 e. The Morgan fingerprint density at radius 2 is 2.29 bits per heavy atom. The van der Waals surface area contributed by atoms with Crippen LogP contribution < -0.4 is 5.32 Å². The summed E-state index contributed by atoms with van der Waals surface area (Å²) in [6.45, 7) is 0.208. The number of carbonyl (C=O) groups is 1. The number of hydrogen-bond acceptors (Lipinski definition) is 2. The Kier molecular flexibility index (Phi) is 4.28. The molecule has 0 aliphatic heterocycles. The number of nitrogens with one attached hydrogen (secondary N) is 1. The molecule has 1 rings (SSSR count). The fraction of sp³-hybridized carbons (Fsp3) is 0.375. The number of alkyl halides is 2. The zero-order chi connectivity index (χ0) is 10.6. The highest BCUT2D eigenvalue weighted by Gasteiger charge is 2.13. The summed E-state index contributed by atoms with van der Waals surface area (Å²) < 4.78 is 24.1. The molecule has 0 aliphatic carbocycles. The van der Waals surface area contributed by atoms with Gasteiger partial charge in [-0.15, -0.1) is 11.3 Å². The standard InChI is InChI=1S/C8H8ClF2NOS/c9-6-2-1-5(14-6)3-4-12-8(13)7(10)11/h1-2,7H,3-4H2,(H,12,13). The van der Waals surface area contributed by atoms with Crippen molar-refractivity contribution in [1.82, 2.24) is 5.32 Å². The summed E-state index contributed by atoms with van der Waals surface area (Å²) in [4.78, 5) is 11.4. The Labute approximate surface area is 88.9 Å². The summed E-state index contributed by atoms with van der Waals surface area (Å²) in [7, 11) is 0. The first-order valence-corrected chi connectivity index (χ1v) is 5.09. The average molecular weight is 240 g/mol. The molecule has 0 radical (unpaired) electrons. The van der Waals surface area contributed by atoms with E-state index in [1.54, 1.807) is 6.07 Å². The monoisotopic (exact) mass is 239 g/mol. The molecule has 0 aliphatic rings. The highest BCUT2D eigenvalue weighted by Crippen LogP contribution is 2.21. The van der Waals surface area contributed by atoms with Gasteiger partial charge in [0.25, 0.3) is 5.91 Å². The van der Waals surface area contributed by atoms with Crippen molar-refractivity contribution < 1.29 is 13.6 Å². The van der Waals surface area contributed by atoms with E-state index in [2.05, 4.69) is 5.32 Å². The Bertz CT molecular complexity index is 316. The number of amides is 1. The Balaban J connectivity index is 2.25. The van der Waals surface area contributed by atoms with Gasteiger partial charge in [-0.3, -0.25) is 4.79 Å². The van der Waals surface area contributed by atoms with Gasteiger partial charge in [-0.2, -0.15) is 8.78 Å². The molecule has 0 saturated heterocycles. The van der Waals surface area contributed by atoms with E-state index in [-0.39, 0.29) is 6.54 Å². The van der Waals surface area contributed by atoms with Crippen LogP contribution in [0.4, 0.5) is 8.78 Å². The van der Waals surface area contributed by atoms with Crippen LogP contribution >= 0.6 is 22.9 Å². The first-order valence-electron chi connectivity index (χ1n) is 3.89. The van der Waals surface area contributed by atoms with Crippen LogP contribution in [-0.4, -0.2) is 18.9 Å². The Hall–Kier alpha value is -0.680. The Morgan fingerprint density at radius 3 is 2.79 bits per heavy atom. The van der Waals surface area contributed by atoms with Crippen LogP contribution in [0.1, 0.15) is 4.88 Å². The molecule has 1 N–H and O–H groups in total. The van der Waals surface area contributed by atoms with Gasteiger partial charge in [0.05, 0.1) is 4.34 Å². The Morgan fingerprint density at radius 1 is 1.57 bits per heavy atom. The fourth-order valence-electron chi connectivity index (χ4n) is 0.872. The van der Waals surface area contributed by atoms with Gasteiger partial charge in [0.1, 0.15) is 0 Å². The average Bonchev–Trinajstić information content (AvgIpc) is 2.51. The van der Waals surface area contributed by atoms with Gasteiger partial charge in [-0.05, 0) is 18.6 Å². The fourth-order valence-corrected chi connectivity index (χ4v) is 1.96. The van der Waals surface area contributed by atoms with E-state index < -0.39 is 12.3 Å². The lowest BCUT2D eigenvalue weighted by atomic mass is 10.3. The van der Waals surface area contributed by atoms with E-state index >= 15 is 0 Å². The van der Waals surface area contributed by atoms with Gasteiger partial charge < -0.3 is 5.32 Å². The number of thiophene rings is 1. The molecule has 0 aromatic carbocycles. The molecule has 14 heavy (non-hydrogen) atoms. The summed E-state index contributed by atoms with van der Waals surface area (Å²) >= 11 is 7.04. The van der Waals surface area contributed by atoms with Crippen LogP contribution in [0, 0.1) is 0 Å². The molecule has 0 spiro atoms. The lowest BCUT2D eigenvalue weighted by molar-refractivity contribution is -0.131. The topological polar surface area (TPSA) is 29.1 Å². The van der Waals surface area contributed by atoms with Crippen molar-refractivity contribution >= 4 is 28.8 Å². The lowest BCUT2D eigenvalue weighted by Crippen LogP contribution is -2.30. The molecule has 6 heteroatoms. The maximum Gasteiger partial charge on any atom is 0.315 e. The van der Waals surface area contributed by atoms with Crippen LogP contribution in [0.25, 0.3) is 0 Å². The predicted octanol–water partition coefficient (Wildman–Crippen LogP) is 2.33. The molecule has 1 amide bonds. The number of carbonyl (C=O) groups excluding carboxylic acids is 1. The third-order valence-corrected chi connectivity index (χ3v) is 2.79. The molecule has 2 nitrogen and oxygen atoms in total. The van der Waals surface area contributed by atoms with Gasteiger partial charge in [-0.25, -0.2) is 0 Å². The summed E-state index contributed by atoms with van der Waals surface area (Å²) in [5, 5.41) is 2.11. The number of hydrogen-bond donors (Lipinski definition) is 1. The third-order valence-electron chi connectivity index (χ3n) is 1.50. The molecule has 1 aromatic heterocycles. The zero-order valence-electron chi connectivity index (χ0n) is 7.10. The van der Waals surface area contributed by atoms with Gasteiger partial charge in [-0.1, -0.05) is 11.6 Å². The van der Waals surface area contributed by atoms with Gasteiger partial charge in [0.15, 0.2) is 0 Å². The van der Waals surface area contributed by atoms with Crippen LogP contribution in [0.15, 0.2) is 12.1 Å². The predicted molar refractivity (Wildman–Crippen MR) is 52.0 cm³/mol. The highest BCUT2D eigenvalue weighted by atomic mass is 35.5. The molecular formula is C8H8ClF2NOS. The summed E-state index contributed by atoms with van der Waals surface area (Å²) in [5.41, 5.74) is 0. The molecule has 78 valence electrons. The maximum absolute atomic E-state index is 11.7. The second kappa shape index (κ2) is 5.26. The van der Waals surface area contributed by atoms with E-state index in [0.29, 0.717) is 10.8 Å². The molecule has 0 bridgehead atoms. The van der Waals surface area contributed by atoms with Crippen LogP contribution in [-0.2, 0) is 11.2 Å². The van der Waals surface area contributed by atoms with Crippen molar-refractivity contribution in [1.29, 1.82) is 0 Å². The van der Waals surface area contributed by atoms with E-state index in [4.69, 9.17) is 11.6 Å². The SMILES string of the molecule is O=C(NCCc1ccc(Cl)s1)C(F)F. The molecule has 0 saturated carbocycles. The number of rotatable bonds is 4. The van der Waals surface area contributed by atoms with Crippen molar-refractivity contribution in [3.8, 4) is 0 Å². The van der Waals surface area contributed by atoms with Crippen molar-refractivity contribution in [2.45, 2.75) is 12.8 Å². The zero-order valence-corrected chi connectivity index (χ0v) is 8.67. The van der Waals surface area contributed by atoms with Crippen LogP contribution in [0.2, 0.25) is 4.34 Å². The van der Waals surface area contributed by atoms with Gasteiger partial charge in [0, 0.05) is 11.4 Å². The second-order valence-corrected chi connectivity index (χ2v) is 4.35. The second-order valence-electron chi connectivity index (χ2n) is 2.55. The van der Waals surface area contributed by atoms with Crippen molar-refractivity contribution in [2.24, 2.45) is 0 Å². The van der Waals surface area contributed by atoms with Crippen molar-refractivity contribution in [3.05, 3.63) is 21.3 Å². The first kappa shape index (κ1) is 11.4. The molecule has 0 atom stereocenters.